The van der Waals surface area contributed by atoms with Gasteiger partial charge in [-0.05, 0) is 35.4 Å². The summed E-state index contributed by atoms with van der Waals surface area (Å²) in [4.78, 5) is 16.6. The number of pyridine rings is 1. The first-order chi connectivity index (χ1) is 13.7. The van der Waals surface area contributed by atoms with E-state index < -0.39 is 12.0 Å². The van der Waals surface area contributed by atoms with Crippen LogP contribution in [-0.2, 0) is 11.2 Å². The minimum absolute atomic E-state index is 0.403. The summed E-state index contributed by atoms with van der Waals surface area (Å²) in [5.74, 6) is 0.805. The minimum atomic E-state index is -0.477. The molecule has 0 bridgehead atoms. The Kier molecular flexibility index (Phi) is 6.68. The second-order valence-electron chi connectivity index (χ2n) is 6.15. The molecule has 3 rings (SSSR count). The predicted octanol–water partition coefficient (Wildman–Crippen LogP) is 3.55. The Labute approximate surface area is 165 Å². The highest BCUT2D eigenvalue weighted by atomic mass is 16.5. The van der Waals surface area contributed by atoms with Gasteiger partial charge in [0.2, 0.25) is 0 Å². The molecule has 2 aromatic carbocycles. The van der Waals surface area contributed by atoms with Crippen molar-refractivity contribution >= 4 is 18.6 Å². The third-order valence-electron chi connectivity index (χ3n) is 4.29. The number of ether oxygens (including phenoxy) is 3. The fourth-order valence-corrected chi connectivity index (χ4v) is 2.87. The number of aromatic nitrogens is 1. The van der Waals surface area contributed by atoms with E-state index in [1.807, 2.05) is 60.7 Å². The van der Waals surface area contributed by atoms with Crippen molar-refractivity contribution < 1.29 is 19.0 Å². The molecular formula is C22H21BNO4. The topological polar surface area (TPSA) is 57.7 Å². The Balaban J connectivity index is 1.83. The Hall–Kier alpha value is -3.28. The first-order valence-corrected chi connectivity index (χ1v) is 8.91. The number of rotatable bonds is 8. The molecule has 0 N–H and O–H groups in total. The number of nitrogens with zero attached hydrogens (tertiary/aromatic N) is 1. The van der Waals surface area contributed by atoms with Crippen molar-refractivity contribution in [2.75, 3.05) is 14.2 Å². The van der Waals surface area contributed by atoms with E-state index in [0.29, 0.717) is 17.9 Å². The second kappa shape index (κ2) is 9.60. The zero-order chi connectivity index (χ0) is 19.8. The monoisotopic (exact) mass is 374 g/mol. The smallest absolute Gasteiger partial charge is 0.299 e. The fraction of sp³-hybridized carbons (Fsp3) is 0.182. The molecule has 0 aliphatic heterocycles. The normalized spacial score (nSPS) is 11.4. The first kappa shape index (κ1) is 19.5. The van der Waals surface area contributed by atoms with Crippen LogP contribution < -0.4 is 14.9 Å². The van der Waals surface area contributed by atoms with Crippen molar-refractivity contribution in [2.45, 2.75) is 12.5 Å². The maximum Gasteiger partial charge on any atom is 0.299 e. The van der Waals surface area contributed by atoms with Crippen molar-refractivity contribution in [1.82, 2.24) is 4.98 Å². The SMILES string of the molecule is COc1ccc(C(Cc2ccncc2)OC(=O)[B]c2ccccc2)cc1OC. The summed E-state index contributed by atoms with van der Waals surface area (Å²) in [7, 11) is 4.65. The molecule has 1 atom stereocenters. The van der Waals surface area contributed by atoms with Crippen molar-refractivity contribution in [2.24, 2.45) is 0 Å². The summed E-state index contributed by atoms with van der Waals surface area (Å²) >= 11 is 0. The highest BCUT2D eigenvalue weighted by molar-refractivity contribution is 6.82. The van der Waals surface area contributed by atoms with Gasteiger partial charge in [0.1, 0.15) is 6.10 Å². The molecule has 0 saturated heterocycles. The average Bonchev–Trinajstić information content (AvgIpc) is 2.74. The number of hydrogen-bond donors (Lipinski definition) is 0. The Morgan fingerprint density at radius 2 is 1.68 bits per heavy atom. The molecule has 3 aromatic rings. The zero-order valence-electron chi connectivity index (χ0n) is 15.9. The van der Waals surface area contributed by atoms with Crippen LogP contribution in [0.1, 0.15) is 17.2 Å². The van der Waals surface area contributed by atoms with Crippen molar-refractivity contribution in [3.63, 3.8) is 0 Å². The average molecular weight is 374 g/mol. The molecule has 5 nitrogen and oxygen atoms in total. The molecule has 1 radical (unpaired) electrons. The van der Waals surface area contributed by atoms with Crippen LogP contribution in [0.15, 0.2) is 73.1 Å². The third-order valence-corrected chi connectivity index (χ3v) is 4.29. The van der Waals surface area contributed by atoms with E-state index in [0.717, 1.165) is 16.6 Å². The van der Waals surface area contributed by atoms with Gasteiger partial charge >= 0.3 is 0 Å². The minimum Gasteiger partial charge on any atom is -0.493 e. The Morgan fingerprint density at radius 1 is 0.964 bits per heavy atom. The van der Waals surface area contributed by atoms with Gasteiger partial charge in [-0.3, -0.25) is 9.78 Å². The van der Waals surface area contributed by atoms with Gasteiger partial charge in [0.15, 0.2) is 11.5 Å². The Morgan fingerprint density at radius 3 is 2.36 bits per heavy atom. The summed E-state index contributed by atoms with van der Waals surface area (Å²) in [6.07, 6.45) is 3.49. The molecule has 1 unspecified atom stereocenters. The summed E-state index contributed by atoms with van der Waals surface area (Å²) in [6.45, 7) is 0. The number of benzene rings is 2. The first-order valence-electron chi connectivity index (χ1n) is 8.91. The standard InChI is InChI=1S/C22H21BNO4/c1-26-19-9-8-17(15-21(19)27-2)20(14-16-10-12-24-13-11-16)28-22(25)23-18-6-4-3-5-7-18/h3-13,15,20H,14H2,1-2H3. The van der Waals surface area contributed by atoms with E-state index in [1.54, 1.807) is 26.6 Å². The van der Waals surface area contributed by atoms with Gasteiger partial charge in [-0.1, -0.05) is 41.9 Å². The molecule has 0 fully saturated rings. The van der Waals surface area contributed by atoms with Gasteiger partial charge in [-0.25, -0.2) is 0 Å². The molecule has 0 saturated carbocycles. The van der Waals surface area contributed by atoms with Gasteiger partial charge in [-0.15, -0.1) is 0 Å². The lowest BCUT2D eigenvalue weighted by Gasteiger charge is -2.20. The lowest BCUT2D eigenvalue weighted by Crippen LogP contribution is -2.26. The van der Waals surface area contributed by atoms with E-state index in [2.05, 4.69) is 4.98 Å². The summed E-state index contributed by atoms with van der Waals surface area (Å²) in [5, 5.41) is 0. The van der Waals surface area contributed by atoms with Crippen LogP contribution in [0.5, 0.6) is 11.5 Å². The van der Waals surface area contributed by atoms with Gasteiger partial charge in [0.05, 0.1) is 14.2 Å². The van der Waals surface area contributed by atoms with Crippen molar-refractivity contribution in [3.8, 4) is 11.5 Å². The third kappa shape index (κ3) is 5.13. The Bertz CT molecular complexity index is 903. The van der Waals surface area contributed by atoms with Crippen LogP contribution in [-0.4, -0.2) is 32.4 Å². The zero-order valence-corrected chi connectivity index (χ0v) is 15.9. The molecule has 0 aliphatic rings. The molecular weight excluding hydrogens is 353 g/mol. The summed E-state index contributed by atoms with van der Waals surface area (Å²) in [6, 6.07) is 18.7. The number of methoxy groups -OCH3 is 2. The number of carbonyl (C=O) groups is 1. The van der Waals surface area contributed by atoms with Crippen LogP contribution in [0, 0.1) is 0 Å². The molecule has 0 aliphatic carbocycles. The molecule has 6 heteroatoms. The molecule has 28 heavy (non-hydrogen) atoms. The molecule has 141 valence electrons. The maximum atomic E-state index is 12.5. The molecule has 0 spiro atoms. The van der Waals surface area contributed by atoms with Crippen molar-refractivity contribution in [3.05, 3.63) is 84.2 Å². The molecule has 0 amide bonds. The van der Waals surface area contributed by atoms with Crippen LogP contribution in [0.2, 0.25) is 0 Å². The van der Waals surface area contributed by atoms with Crippen LogP contribution in [0.4, 0.5) is 4.79 Å². The number of carbonyl (C=O) groups excluding carboxylic acids is 1. The highest BCUT2D eigenvalue weighted by Crippen LogP contribution is 2.32. The molecule has 1 heterocycles. The van der Waals surface area contributed by atoms with E-state index in [1.165, 1.54) is 7.28 Å². The quantitative estimate of drug-likeness (QED) is 0.565. The van der Waals surface area contributed by atoms with Gasteiger partial charge in [0, 0.05) is 18.8 Å². The van der Waals surface area contributed by atoms with Gasteiger partial charge in [-0.2, -0.15) is 0 Å². The highest BCUT2D eigenvalue weighted by Gasteiger charge is 2.20. The van der Waals surface area contributed by atoms with Crippen LogP contribution in [0.25, 0.3) is 0 Å². The second-order valence-corrected chi connectivity index (χ2v) is 6.15. The van der Waals surface area contributed by atoms with E-state index in [4.69, 9.17) is 14.2 Å². The summed E-state index contributed by atoms with van der Waals surface area (Å²) in [5.41, 5.74) is 2.63. The van der Waals surface area contributed by atoms with Crippen molar-refractivity contribution in [1.29, 1.82) is 0 Å². The van der Waals surface area contributed by atoms with Crippen LogP contribution in [0.3, 0.4) is 0 Å². The number of hydrogen-bond acceptors (Lipinski definition) is 5. The lowest BCUT2D eigenvalue weighted by atomic mass is 9.70. The van der Waals surface area contributed by atoms with E-state index >= 15 is 0 Å². The van der Waals surface area contributed by atoms with E-state index in [-0.39, 0.29) is 0 Å². The van der Waals surface area contributed by atoms with E-state index in [9.17, 15) is 4.79 Å². The predicted molar refractivity (Wildman–Crippen MR) is 109 cm³/mol. The van der Waals surface area contributed by atoms with Gasteiger partial charge in [0.25, 0.3) is 13.1 Å². The largest absolute Gasteiger partial charge is 0.493 e. The van der Waals surface area contributed by atoms with Crippen LogP contribution >= 0.6 is 0 Å². The molecule has 1 aromatic heterocycles. The fourth-order valence-electron chi connectivity index (χ4n) is 2.87. The van der Waals surface area contributed by atoms with Gasteiger partial charge < -0.3 is 14.2 Å². The summed E-state index contributed by atoms with van der Waals surface area (Å²) < 4.78 is 16.5. The maximum absolute atomic E-state index is 12.5. The lowest BCUT2D eigenvalue weighted by molar-refractivity contribution is 0.121.